The molecule has 1 amide bonds. The Hall–Kier alpha value is -4.33. The zero-order chi connectivity index (χ0) is 24.5. The Labute approximate surface area is 203 Å². The normalized spacial score (nSPS) is 11.3. The van der Waals surface area contributed by atoms with Crippen LogP contribution in [0, 0.1) is 13.8 Å². The summed E-state index contributed by atoms with van der Waals surface area (Å²) >= 11 is 0. The Morgan fingerprint density at radius 3 is 2.63 bits per heavy atom. The van der Waals surface area contributed by atoms with E-state index in [4.69, 9.17) is 4.98 Å². The molecule has 0 aliphatic heterocycles. The highest BCUT2D eigenvalue weighted by atomic mass is 16.1. The highest BCUT2D eigenvalue weighted by molar-refractivity contribution is 6.06. The van der Waals surface area contributed by atoms with Gasteiger partial charge in [-0.1, -0.05) is 24.3 Å². The smallest absolute Gasteiger partial charge is 0.252 e. The third-order valence-electron chi connectivity index (χ3n) is 6.06. The lowest BCUT2D eigenvalue weighted by molar-refractivity contribution is 0.0952. The van der Waals surface area contributed by atoms with Crippen molar-refractivity contribution in [2.45, 2.75) is 40.3 Å². The van der Waals surface area contributed by atoms with Crippen molar-refractivity contribution in [1.82, 2.24) is 34.6 Å². The van der Waals surface area contributed by atoms with Crippen LogP contribution < -0.4 is 5.32 Å². The number of fused-ring (bicyclic) bond motifs is 1. The minimum absolute atomic E-state index is 0.116. The van der Waals surface area contributed by atoms with Crippen LogP contribution in [-0.4, -0.2) is 35.2 Å². The molecule has 0 unspecified atom stereocenters. The van der Waals surface area contributed by atoms with Crippen LogP contribution in [0.2, 0.25) is 0 Å². The summed E-state index contributed by atoms with van der Waals surface area (Å²) < 4.78 is 3.77. The molecule has 4 aromatic heterocycles. The highest BCUT2D eigenvalue weighted by Crippen LogP contribution is 2.28. The molecule has 8 heteroatoms. The van der Waals surface area contributed by atoms with E-state index in [9.17, 15) is 4.79 Å². The summed E-state index contributed by atoms with van der Waals surface area (Å²) in [5.74, 6) is 1.44. The molecule has 0 atom stereocenters. The second kappa shape index (κ2) is 9.13. The molecule has 0 fully saturated rings. The molecular weight excluding hydrogens is 438 g/mol. The maximum absolute atomic E-state index is 13.4. The van der Waals surface area contributed by atoms with Gasteiger partial charge in [-0.3, -0.25) is 9.36 Å². The van der Waals surface area contributed by atoms with Crippen LogP contribution in [0.15, 0.2) is 67.3 Å². The number of nitrogens with one attached hydrogen (secondary N) is 1. The monoisotopic (exact) mass is 465 g/mol. The first-order chi connectivity index (χ1) is 16.9. The number of nitrogens with zero attached hydrogens (tertiary/aromatic N) is 6. The van der Waals surface area contributed by atoms with Crippen molar-refractivity contribution in [2.75, 3.05) is 0 Å². The Morgan fingerprint density at radius 2 is 1.89 bits per heavy atom. The van der Waals surface area contributed by atoms with E-state index in [0.717, 1.165) is 39.4 Å². The average Bonchev–Trinajstić information content (AvgIpc) is 3.48. The molecule has 0 radical (unpaired) electrons. The van der Waals surface area contributed by atoms with Gasteiger partial charge in [0.05, 0.1) is 22.8 Å². The van der Waals surface area contributed by atoms with E-state index in [1.807, 2.05) is 71.8 Å². The van der Waals surface area contributed by atoms with E-state index in [2.05, 4.69) is 34.2 Å². The third kappa shape index (κ3) is 4.30. The minimum Gasteiger partial charge on any atom is -0.348 e. The van der Waals surface area contributed by atoms with Gasteiger partial charge >= 0.3 is 0 Å². The van der Waals surface area contributed by atoms with Crippen LogP contribution in [0.4, 0.5) is 0 Å². The topological polar surface area (TPSA) is 90.5 Å². The van der Waals surface area contributed by atoms with Crippen molar-refractivity contribution in [2.24, 2.45) is 0 Å². The number of imidazole rings is 1. The summed E-state index contributed by atoms with van der Waals surface area (Å²) in [5.41, 5.74) is 5.05. The Kier molecular flexibility index (Phi) is 5.86. The van der Waals surface area contributed by atoms with Gasteiger partial charge in [-0.2, -0.15) is 5.10 Å². The fraction of sp³-hybridized carbons (Fsp3) is 0.222. The van der Waals surface area contributed by atoms with E-state index in [-0.39, 0.29) is 11.9 Å². The number of amides is 1. The standard InChI is InChI=1S/C27H27N7O/c1-17(2)34-26-23(16-31-34)22(14-24(32-26)21-8-6-5-7-18(21)3)27(35)30-15-20-9-10-29-25(13-20)33-12-11-28-19(33)4/h5-14,16-17H,15H2,1-4H3,(H,30,35). The van der Waals surface area contributed by atoms with Gasteiger partial charge in [0.2, 0.25) is 0 Å². The molecular formula is C27H27N7O. The van der Waals surface area contributed by atoms with Gasteiger partial charge < -0.3 is 5.32 Å². The summed E-state index contributed by atoms with van der Waals surface area (Å²) in [6.45, 7) is 8.44. The van der Waals surface area contributed by atoms with Crippen LogP contribution in [0.5, 0.6) is 0 Å². The molecule has 4 heterocycles. The lowest BCUT2D eigenvalue weighted by Crippen LogP contribution is -2.23. The van der Waals surface area contributed by atoms with E-state index >= 15 is 0 Å². The average molecular weight is 466 g/mol. The Balaban J connectivity index is 1.49. The van der Waals surface area contributed by atoms with Crippen LogP contribution >= 0.6 is 0 Å². The number of pyridine rings is 2. The molecule has 1 aromatic carbocycles. The van der Waals surface area contributed by atoms with Gasteiger partial charge in [-0.15, -0.1) is 0 Å². The summed E-state index contributed by atoms with van der Waals surface area (Å²) in [6, 6.07) is 13.9. The first-order valence-corrected chi connectivity index (χ1v) is 11.6. The second-order valence-corrected chi connectivity index (χ2v) is 8.84. The zero-order valence-corrected chi connectivity index (χ0v) is 20.2. The molecule has 8 nitrogen and oxygen atoms in total. The van der Waals surface area contributed by atoms with E-state index in [1.54, 1.807) is 18.6 Å². The van der Waals surface area contributed by atoms with Gasteiger partial charge in [0.1, 0.15) is 11.6 Å². The Morgan fingerprint density at radius 1 is 1.06 bits per heavy atom. The molecule has 0 bridgehead atoms. The predicted molar refractivity (Wildman–Crippen MR) is 135 cm³/mol. The van der Waals surface area contributed by atoms with E-state index in [0.29, 0.717) is 17.8 Å². The first-order valence-electron chi connectivity index (χ1n) is 11.6. The van der Waals surface area contributed by atoms with Gasteiger partial charge in [0.25, 0.3) is 5.91 Å². The molecule has 0 aliphatic rings. The highest BCUT2D eigenvalue weighted by Gasteiger charge is 2.19. The molecule has 0 aliphatic carbocycles. The minimum atomic E-state index is -0.173. The quantitative estimate of drug-likeness (QED) is 0.389. The lowest BCUT2D eigenvalue weighted by atomic mass is 10.0. The summed E-state index contributed by atoms with van der Waals surface area (Å²) in [7, 11) is 0. The lowest BCUT2D eigenvalue weighted by Gasteiger charge is -2.12. The number of aromatic nitrogens is 6. The zero-order valence-electron chi connectivity index (χ0n) is 20.2. The maximum atomic E-state index is 13.4. The SMILES string of the molecule is Cc1ccccc1-c1cc(C(=O)NCc2ccnc(-n3ccnc3C)c2)c2cnn(C(C)C)c2n1. The van der Waals surface area contributed by atoms with Gasteiger partial charge in [-0.05, 0) is 57.0 Å². The maximum Gasteiger partial charge on any atom is 0.252 e. The summed E-state index contributed by atoms with van der Waals surface area (Å²) in [4.78, 5) is 27.0. The van der Waals surface area contributed by atoms with Crippen LogP contribution in [0.1, 0.15) is 47.2 Å². The predicted octanol–water partition coefficient (Wildman–Crippen LogP) is 4.81. The van der Waals surface area contributed by atoms with Crippen molar-refractivity contribution in [1.29, 1.82) is 0 Å². The molecule has 0 spiro atoms. The fourth-order valence-electron chi connectivity index (χ4n) is 4.18. The van der Waals surface area contributed by atoms with Crippen LogP contribution in [0.25, 0.3) is 28.1 Å². The first kappa shape index (κ1) is 22.5. The van der Waals surface area contributed by atoms with Crippen LogP contribution in [0.3, 0.4) is 0 Å². The molecule has 0 saturated carbocycles. The van der Waals surface area contributed by atoms with Gasteiger partial charge in [0, 0.05) is 36.7 Å². The second-order valence-electron chi connectivity index (χ2n) is 8.84. The summed E-state index contributed by atoms with van der Waals surface area (Å²) in [5, 5.41) is 8.32. The van der Waals surface area contributed by atoms with Crippen molar-refractivity contribution in [3.8, 4) is 17.1 Å². The number of carbonyl (C=O) groups excluding carboxylic acids is 1. The number of hydrogen-bond acceptors (Lipinski definition) is 5. The number of benzene rings is 1. The van der Waals surface area contributed by atoms with Crippen molar-refractivity contribution in [3.05, 3.63) is 89.8 Å². The molecule has 5 aromatic rings. The van der Waals surface area contributed by atoms with Crippen molar-refractivity contribution < 1.29 is 4.79 Å². The molecule has 1 N–H and O–H groups in total. The number of carbonyl (C=O) groups is 1. The van der Waals surface area contributed by atoms with Gasteiger partial charge in [0.15, 0.2) is 5.65 Å². The number of rotatable bonds is 6. The van der Waals surface area contributed by atoms with Crippen molar-refractivity contribution >= 4 is 16.9 Å². The van der Waals surface area contributed by atoms with Crippen LogP contribution in [-0.2, 0) is 6.54 Å². The molecule has 0 saturated heterocycles. The van der Waals surface area contributed by atoms with E-state index in [1.165, 1.54) is 0 Å². The summed E-state index contributed by atoms with van der Waals surface area (Å²) in [6.07, 6.45) is 7.08. The molecule has 35 heavy (non-hydrogen) atoms. The van der Waals surface area contributed by atoms with Crippen molar-refractivity contribution in [3.63, 3.8) is 0 Å². The number of hydrogen-bond donors (Lipinski definition) is 1. The molecule has 5 rings (SSSR count). The van der Waals surface area contributed by atoms with Gasteiger partial charge in [-0.25, -0.2) is 19.6 Å². The largest absolute Gasteiger partial charge is 0.348 e. The van der Waals surface area contributed by atoms with E-state index < -0.39 is 0 Å². The Bertz CT molecular complexity index is 1530. The fourth-order valence-corrected chi connectivity index (χ4v) is 4.18. The number of aryl methyl sites for hydroxylation is 2. The third-order valence-corrected chi connectivity index (χ3v) is 6.06. The molecule has 176 valence electrons.